The molecule has 0 atom stereocenters. The Kier molecular flexibility index (Phi) is 5.38. The molecule has 0 radical (unpaired) electrons. The second-order valence-corrected chi connectivity index (χ2v) is 6.58. The zero-order chi connectivity index (χ0) is 20.1. The Hall–Kier alpha value is -3.86. The number of phenols is 1. The Balaban J connectivity index is 1.54. The lowest BCUT2D eigenvalue weighted by Crippen LogP contribution is -2.12. The molecule has 1 amide bonds. The summed E-state index contributed by atoms with van der Waals surface area (Å²) in [6.45, 7) is 0. The van der Waals surface area contributed by atoms with Gasteiger partial charge in [0.25, 0.3) is 0 Å². The van der Waals surface area contributed by atoms with E-state index in [2.05, 4.69) is 10.3 Å². The zero-order valence-corrected chi connectivity index (χ0v) is 15.7. The molecule has 4 aromatic rings. The average molecular weight is 384 g/mol. The quantitative estimate of drug-likeness (QED) is 0.443. The molecule has 0 aliphatic carbocycles. The maximum atomic E-state index is 12.3. The molecule has 1 aromatic heterocycles. The highest BCUT2D eigenvalue weighted by atomic mass is 16.4. The number of nitrogens with one attached hydrogen (secondary N) is 1. The number of rotatable bonds is 6. The molecule has 4 rings (SSSR count). The predicted molar refractivity (Wildman–Crippen MR) is 112 cm³/mol. The molecule has 0 fully saturated rings. The van der Waals surface area contributed by atoms with E-state index in [4.69, 9.17) is 4.42 Å². The number of hydrogen-bond acceptors (Lipinski definition) is 4. The van der Waals surface area contributed by atoms with Crippen molar-refractivity contribution in [3.63, 3.8) is 0 Å². The van der Waals surface area contributed by atoms with E-state index < -0.39 is 0 Å². The van der Waals surface area contributed by atoms with Gasteiger partial charge in [0.15, 0.2) is 11.7 Å². The van der Waals surface area contributed by atoms with Crippen molar-refractivity contribution in [2.45, 2.75) is 12.8 Å². The summed E-state index contributed by atoms with van der Waals surface area (Å²) in [5, 5.41) is 12.5. The van der Waals surface area contributed by atoms with Crippen molar-refractivity contribution < 1.29 is 14.3 Å². The Bertz CT molecular complexity index is 1050. The number of aromatic nitrogens is 1. The van der Waals surface area contributed by atoms with Gasteiger partial charge >= 0.3 is 0 Å². The van der Waals surface area contributed by atoms with Gasteiger partial charge in [0.05, 0.1) is 5.69 Å². The van der Waals surface area contributed by atoms with Crippen LogP contribution >= 0.6 is 0 Å². The van der Waals surface area contributed by atoms with Crippen LogP contribution in [0.25, 0.3) is 22.6 Å². The predicted octanol–water partition coefficient (Wildman–Crippen LogP) is 5.29. The van der Waals surface area contributed by atoms with Crippen LogP contribution in [-0.2, 0) is 11.2 Å². The highest BCUT2D eigenvalue weighted by molar-refractivity contribution is 5.92. The minimum Gasteiger partial charge on any atom is -0.506 e. The molecule has 144 valence electrons. The number of aryl methyl sites for hydroxylation is 1. The lowest BCUT2D eigenvalue weighted by molar-refractivity contribution is -0.116. The molecule has 0 aliphatic heterocycles. The van der Waals surface area contributed by atoms with Crippen molar-refractivity contribution in [3.05, 3.63) is 90.8 Å². The molecular formula is C24H20N2O3. The van der Waals surface area contributed by atoms with Crippen LogP contribution in [0.1, 0.15) is 12.3 Å². The van der Waals surface area contributed by atoms with Crippen molar-refractivity contribution >= 4 is 11.6 Å². The first kappa shape index (κ1) is 18.5. The van der Waals surface area contributed by atoms with E-state index in [9.17, 15) is 9.90 Å². The molecule has 0 aliphatic rings. The van der Waals surface area contributed by atoms with Gasteiger partial charge in [0, 0.05) is 24.0 Å². The number of phenolic OH excluding ortho intramolecular Hbond substituents is 1. The van der Waals surface area contributed by atoms with Crippen molar-refractivity contribution in [2.75, 3.05) is 5.32 Å². The van der Waals surface area contributed by atoms with Gasteiger partial charge in [-0.25, -0.2) is 4.98 Å². The minimum atomic E-state index is -0.216. The van der Waals surface area contributed by atoms with Crippen LogP contribution in [0.3, 0.4) is 0 Å². The number of aromatic hydroxyl groups is 1. The number of oxazole rings is 1. The third-order valence-corrected chi connectivity index (χ3v) is 4.50. The summed E-state index contributed by atoms with van der Waals surface area (Å²) in [5.74, 6) is 1.00. The molecule has 29 heavy (non-hydrogen) atoms. The molecule has 0 unspecified atom stereocenters. The number of para-hydroxylation sites is 2. The Labute approximate surface area is 168 Å². The fourth-order valence-corrected chi connectivity index (χ4v) is 3.06. The van der Waals surface area contributed by atoms with E-state index in [0.29, 0.717) is 23.8 Å². The van der Waals surface area contributed by atoms with Gasteiger partial charge in [-0.3, -0.25) is 4.79 Å². The number of carbonyl (C=O) groups is 1. The highest BCUT2D eigenvalue weighted by Gasteiger charge is 2.17. The molecular weight excluding hydrogens is 364 g/mol. The summed E-state index contributed by atoms with van der Waals surface area (Å²) < 4.78 is 6.04. The van der Waals surface area contributed by atoms with Gasteiger partial charge in [-0.2, -0.15) is 0 Å². The highest BCUT2D eigenvalue weighted by Crippen LogP contribution is 2.33. The van der Waals surface area contributed by atoms with Crippen LogP contribution in [0.5, 0.6) is 5.75 Å². The van der Waals surface area contributed by atoms with Gasteiger partial charge in [0.2, 0.25) is 5.91 Å². The second-order valence-electron chi connectivity index (χ2n) is 6.58. The largest absolute Gasteiger partial charge is 0.506 e. The summed E-state index contributed by atoms with van der Waals surface area (Å²) in [4.78, 5) is 16.9. The van der Waals surface area contributed by atoms with Crippen LogP contribution in [0.15, 0.2) is 89.3 Å². The summed E-state index contributed by atoms with van der Waals surface area (Å²) in [6.07, 6.45) is 0.545. The van der Waals surface area contributed by atoms with E-state index in [0.717, 1.165) is 16.8 Å². The molecule has 5 nitrogen and oxygen atoms in total. The third kappa shape index (κ3) is 4.35. The maximum Gasteiger partial charge on any atom is 0.224 e. The van der Waals surface area contributed by atoms with Crippen LogP contribution in [-0.4, -0.2) is 16.0 Å². The standard InChI is InChI=1S/C24H20N2O3/c27-20-14-8-7-13-19(20)25-21(28)15-16-22-26-23(17-9-3-1-4-10-17)24(29-22)18-11-5-2-6-12-18/h1-14,27H,15-16H2,(H,25,28). The first-order valence-corrected chi connectivity index (χ1v) is 9.39. The number of amides is 1. The molecule has 0 bridgehead atoms. The Morgan fingerprint density at radius 3 is 2.17 bits per heavy atom. The van der Waals surface area contributed by atoms with E-state index in [1.54, 1.807) is 18.2 Å². The number of anilines is 1. The van der Waals surface area contributed by atoms with Crippen LogP contribution < -0.4 is 5.32 Å². The molecule has 0 saturated heterocycles. The summed E-state index contributed by atoms with van der Waals surface area (Å²) in [5.41, 5.74) is 3.04. The molecule has 5 heteroatoms. The van der Waals surface area contributed by atoms with E-state index >= 15 is 0 Å². The normalized spacial score (nSPS) is 10.6. The Morgan fingerprint density at radius 2 is 1.48 bits per heavy atom. The van der Waals surface area contributed by atoms with Gasteiger partial charge < -0.3 is 14.8 Å². The summed E-state index contributed by atoms with van der Waals surface area (Å²) in [6, 6.07) is 26.3. The van der Waals surface area contributed by atoms with Crippen LogP contribution in [0.4, 0.5) is 5.69 Å². The van der Waals surface area contributed by atoms with E-state index in [-0.39, 0.29) is 18.1 Å². The molecule has 2 N–H and O–H groups in total. The SMILES string of the molecule is O=C(CCc1nc(-c2ccccc2)c(-c2ccccc2)o1)Nc1ccccc1O. The van der Waals surface area contributed by atoms with Crippen molar-refractivity contribution in [1.82, 2.24) is 4.98 Å². The zero-order valence-electron chi connectivity index (χ0n) is 15.7. The smallest absolute Gasteiger partial charge is 0.224 e. The monoisotopic (exact) mass is 384 g/mol. The number of benzene rings is 3. The number of nitrogens with zero attached hydrogens (tertiary/aromatic N) is 1. The van der Waals surface area contributed by atoms with Crippen molar-refractivity contribution in [2.24, 2.45) is 0 Å². The fraction of sp³-hybridized carbons (Fsp3) is 0.0833. The number of carbonyl (C=O) groups excluding carboxylic acids is 1. The molecule has 0 saturated carbocycles. The first-order valence-electron chi connectivity index (χ1n) is 9.39. The lowest BCUT2D eigenvalue weighted by Gasteiger charge is -2.05. The minimum absolute atomic E-state index is 0.0368. The summed E-state index contributed by atoms with van der Waals surface area (Å²) in [7, 11) is 0. The molecule has 3 aromatic carbocycles. The van der Waals surface area contributed by atoms with Gasteiger partial charge in [-0.05, 0) is 12.1 Å². The molecule has 1 heterocycles. The van der Waals surface area contributed by atoms with Crippen molar-refractivity contribution in [1.29, 1.82) is 0 Å². The maximum absolute atomic E-state index is 12.3. The summed E-state index contributed by atoms with van der Waals surface area (Å²) >= 11 is 0. The van der Waals surface area contributed by atoms with E-state index in [1.165, 1.54) is 6.07 Å². The topological polar surface area (TPSA) is 75.4 Å². The first-order chi connectivity index (χ1) is 14.2. The van der Waals surface area contributed by atoms with Gasteiger partial charge in [-0.15, -0.1) is 0 Å². The lowest BCUT2D eigenvalue weighted by atomic mass is 10.1. The average Bonchev–Trinajstić information content (AvgIpc) is 3.20. The van der Waals surface area contributed by atoms with Gasteiger partial charge in [0.1, 0.15) is 11.4 Å². The van der Waals surface area contributed by atoms with Gasteiger partial charge in [-0.1, -0.05) is 72.8 Å². The third-order valence-electron chi connectivity index (χ3n) is 4.50. The fourth-order valence-electron chi connectivity index (χ4n) is 3.06. The Morgan fingerprint density at radius 1 is 0.862 bits per heavy atom. The molecule has 0 spiro atoms. The van der Waals surface area contributed by atoms with Crippen LogP contribution in [0, 0.1) is 0 Å². The van der Waals surface area contributed by atoms with E-state index in [1.807, 2.05) is 60.7 Å². The van der Waals surface area contributed by atoms with Crippen molar-refractivity contribution in [3.8, 4) is 28.3 Å². The van der Waals surface area contributed by atoms with Crippen LogP contribution in [0.2, 0.25) is 0 Å². The second kappa shape index (κ2) is 8.44. The number of hydrogen-bond donors (Lipinski definition) is 2.